The predicted octanol–water partition coefficient (Wildman–Crippen LogP) is 6.76. The SMILES string of the molecule is Cc1cc(C)cc(-c2c(SCCC3CCCCN3C(=O)O)c3cc(NC(=O)NC4CC4)c(Cl)cc3[nH]c2=O)c1. The van der Waals surface area contributed by atoms with Crippen LogP contribution in [0.1, 0.15) is 49.7 Å². The second-order valence-corrected chi connectivity index (χ2v) is 12.1. The average molecular weight is 569 g/mol. The number of urea groups is 1. The topological polar surface area (TPSA) is 115 Å². The summed E-state index contributed by atoms with van der Waals surface area (Å²) in [6.07, 6.45) is 4.48. The molecule has 1 atom stereocenters. The van der Waals surface area contributed by atoms with Crippen molar-refractivity contribution in [3.8, 4) is 11.1 Å². The molecule has 2 fully saturated rings. The molecular weight excluding hydrogens is 536 g/mol. The van der Waals surface area contributed by atoms with Gasteiger partial charge in [-0.2, -0.15) is 0 Å². The summed E-state index contributed by atoms with van der Waals surface area (Å²) < 4.78 is 0. The first-order valence-corrected chi connectivity index (χ1v) is 14.7. The lowest BCUT2D eigenvalue weighted by Gasteiger charge is -2.33. The lowest BCUT2D eigenvalue weighted by Crippen LogP contribution is -2.43. The van der Waals surface area contributed by atoms with Gasteiger partial charge in [0, 0.05) is 34.7 Å². The molecule has 3 aromatic rings. The van der Waals surface area contributed by atoms with Gasteiger partial charge in [0.15, 0.2) is 0 Å². The number of hydrogen-bond acceptors (Lipinski definition) is 4. The second kappa shape index (κ2) is 11.5. The predicted molar refractivity (Wildman–Crippen MR) is 157 cm³/mol. The Morgan fingerprint density at radius 3 is 2.54 bits per heavy atom. The van der Waals surface area contributed by atoms with Gasteiger partial charge >= 0.3 is 12.1 Å². The molecule has 3 amide bonds. The largest absolute Gasteiger partial charge is 0.465 e. The number of carbonyl (C=O) groups is 2. The van der Waals surface area contributed by atoms with E-state index in [1.807, 2.05) is 32.0 Å². The van der Waals surface area contributed by atoms with Gasteiger partial charge in [-0.3, -0.25) is 4.79 Å². The third kappa shape index (κ3) is 6.36. The Bertz CT molecular complexity index is 1470. The zero-order chi connectivity index (χ0) is 27.7. The number of aryl methyl sites for hydroxylation is 2. The van der Waals surface area contributed by atoms with E-state index in [1.54, 1.807) is 22.7 Å². The van der Waals surface area contributed by atoms with E-state index in [9.17, 15) is 19.5 Å². The molecule has 2 heterocycles. The number of thioether (sulfide) groups is 1. The number of nitrogens with one attached hydrogen (secondary N) is 3. The minimum atomic E-state index is -0.878. The normalized spacial score (nSPS) is 17.3. The number of likely N-dealkylation sites (tertiary alicyclic amines) is 1. The van der Waals surface area contributed by atoms with Crippen LogP contribution in [-0.2, 0) is 0 Å². The van der Waals surface area contributed by atoms with Crippen molar-refractivity contribution >= 4 is 52.1 Å². The highest BCUT2D eigenvalue weighted by Crippen LogP contribution is 2.39. The van der Waals surface area contributed by atoms with E-state index in [1.165, 1.54) is 0 Å². The molecule has 1 aromatic heterocycles. The van der Waals surface area contributed by atoms with Crippen molar-refractivity contribution in [3.05, 3.63) is 56.8 Å². The first kappa shape index (κ1) is 27.4. The van der Waals surface area contributed by atoms with Crippen LogP contribution in [-0.4, -0.2) is 51.5 Å². The monoisotopic (exact) mass is 568 g/mol. The van der Waals surface area contributed by atoms with E-state index in [0.717, 1.165) is 59.1 Å². The zero-order valence-corrected chi connectivity index (χ0v) is 23.7. The number of anilines is 1. The number of piperidine rings is 1. The number of amides is 3. The number of nitrogens with zero attached hydrogens (tertiary/aromatic N) is 1. The summed E-state index contributed by atoms with van der Waals surface area (Å²) in [5.41, 5.74) is 4.31. The molecule has 5 rings (SSSR count). The maximum atomic E-state index is 13.5. The third-order valence-corrected chi connectivity index (χ3v) is 8.76. The fourth-order valence-corrected chi connectivity index (χ4v) is 6.82. The number of carbonyl (C=O) groups excluding carboxylic acids is 1. The van der Waals surface area contributed by atoms with Gasteiger partial charge in [-0.15, -0.1) is 11.8 Å². The standard InChI is InChI=1S/C29H33ClN4O4S/c1-16-11-17(2)13-18(12-16)25-26(39-10-8-20-5-3-4-9-34(20)29(37)38)21-14-24(33-28(36)31-19-6-7-19)22(30)15-23(21)32-27(25)35/h11-15,19-20H,3-10H2,1-2H3,(H,32,35)(H,37,38)(H2,31,33,36). The van der Waals surface area contributed by atoms with E-state index in [-0.39, 0.29) is 23.7 Å². The van der Waals surface area contributed by atoms with Crippen LogP contribution in [0.5, 0.6) is 0 Å². The number of pyridine rings is 1. The summed E-state index contributed by atoms with van der Waals surface area (Å²) in [5, 5.41) is 16.5. The molecule has 1 aliphatic heterocycles. The molecule has 206 valence electrons. The molecule has 0 bridgehead atoms. The molecule has 0 spiro atoms. The number of hydrogen-bond donors (Lipinski definition) is 4. The van der Waals surface area contributed by atoms with Crippen LogP contribution in [0.4, 0.5) is 15.3 Å². The lowest BCUT2D eigenvalue weighted by molar-refractivity contribution is 0.105. The van der Waals surface area contributed by atoms with Crippen molar-refractivity contribution in [1.82, 2.24) is 15.2 Å². The number of carboxylic acid groups (broad SMARTS) is 1. The highest BCUT2D eigenvalue weighted by atomic mass is 35.5. The van der Waals surface area contributed by atoms with E-state index in [0.29, 0.717) is 40.5 Å². The molecule has 1 saturated carbocycles. The molecule has 10 heteroatoms. The van der Waals surface area contributed by atoms with E-state index < -0.39 is 6.09 Å². The summed E-state index contributed by atoms with van der Waals surface area (Å²) in [5.74, 6) is 0.637. The van der Waals surface area contributed by atoms with E-state index in [4.69, 9.17) is 11.6 Å². The van der Waals surface area contributed by atoms with Crippen LogP contribution >= 0.6 is 23.4 Å². The van der Waals surface area contributed by atoms with Crippen molar-refractivity contribution in [3.63, 3.8) is 0 Å². The van der Waals surface area contributed by atoms with Gasteiger partial charge in [-0.25, -0.2) is 9.59 Å². The van der Waals surface area contributed by atoms with Crippen molar-refractivity contribution < 1.29 is 14.7 Å². The summed E-state index contributed by atoms with van der Waals surface area (Å²) >= 11 is 8.07. The quantitative estimate of drug-likeness (QED) is 0.235. The molecular formula is C29H33ClN4O4S. The fourth-order valence-electron chi connectivity index (χ4n) is 5.34. The zero-order valence-electron chi connectivity index (χ0n) is 22.1. The fraction of sp³-hybridized carbons (Fsp3) is 0.414. The number of aromatic nitrogens is 1. The van der Waals surface area contributed by atoms with Gasteiger partial charge in [0.05, 0.1) is 21.8 Å². The second-order valence-electron chi connectivity index (χ2n) is 10.5. The first-order valence-electron chi connectivity index (χ1n) is 13.4. The summed E-state index contributed by atoms with van der Waals surface area (Å²) in [6, 6.07) is 9.41. The number of benzene rings is 2. The summed E-state index contributed by atoms with van der Waals surface area (Å²) in [6.45, 7) is 4.56. The summed E-state index contributed by atoms with van der Waals surface area (Å²) in [7, 11) is 0. The van der Waals surface area contributed by atoms with Gasteiger partial charge in [0.1, 0.15) is 0 Å². The van der Waals surface area contributed by atoms with Crippen molar-refractivity contribution in [2.75, 3.05) is 17.6 Å². The summed E-state index contributed by atoms with van der Waals surface area (Å²) in [4.78, 5) is 43.1. The maximum absolute atomic E-state index is 13.5. The highest BCUT2D eigenvalue weighted by Gasteiger charge is 2.27. The Hall–Kier alpha value is -3.17. The Labute approximate surface area is 236 Å². The van der Waals surface area contributed by atoms with Crippen LogP contribution in [0.25, 0.3) is 22.0 Å². The van der Waals surface area contributed by atoms with Crippen molar-refractivity contribution in [1.29, 1.82) is 0 Å². The Morgan fingerprint density at radius 2 is 1.85 bits per heavy atom. The maximum Gasteiger partial charge on any atom is 0.407 e. The number of rotatable bonds is 7. The smallest absolute Gasteiger partial charge is 0.407 e. The van der Waals surface area contributed by atoms with E-state index >= 15 is 0 Å². The molecule has 39 heavy (non-hydrogen) atoms. The van der Waals surface area contributed by atoms with Crippen molar-refractivity contribution in [2.24, 2.45) is 0 Å². The highest BCUT2D eigenvalue weighted by molar-refractivity contribution is 7.99. The molecule has 2 aliphatic rings. The number of H-pyrrole nitrogens is 1. The van der Waals surface area contributed by atoms with Gasteiger partial charge in [-0.05, 0) is 70.1 Å². The molecule has 1 unspecified atom stereocenters. The Balaban J connectivity index is 1.55. The van der Waals surface area contributed by atoms with Gasteiger partial charge < -0.3 is 25.6 Å². The first-order chi connectivity index (χ1) is 18.7. The minimum Gasteiger partial charge on any atom is -0.465 e. The number of aromatic amines is 1. The number of fused-ring (bicyclic) bond motifs is 1. The molecule has 2 aromatic carbocycles. The Morgan fingerprint density at radius 1 is 1.10 bits per heavy atom. The number of halogens is 1. The average Bonchev–Trinajstić information content (AvgIpc) is 3.68. The minimum absolute atomic E-state index is 0.0422. The molecule has 1 aliphatic carbocycles. The van der Waals surface area contributed by atoms with Crippen molar-refractivity contribution in [2.45, 2.75) is 69.4 Å². The third-order valence-electron chi connectivity index (χ3n) is 7.30. The van der Waals surface area contributed by atoms with Crippen LogP contribution < -0.4 is 16.2 Å². The van der Waals surface area contributed by atoms with Crippen LogP contribution in [0.3, 0.4) is 0 Å². The van der Waals surface area contributed by atoms with E-state index in [2.05, 4.69) is 21.7 Å². The lowest BCUT2D eigenvalue weighted by atomic mass is 10.00. The van der Waals surface area contributed by atoms with Gasteiger partial charge in [-0.1, -0.05) is 40.9 Å². The van der Waals surface area contributed by atoms with Crippen LogP contribution in [0.2, 0.25) is 5.02 Å². The van der Waals surface area contributed by atoms with Crippen LogP contribution in [0, 0.1) is 13.8 Å². The molecule has 0 radical (unpaired) electrons. The van der Waals surface area contributed by atoms with Crippen LogP contribution in [0.15, 0.2) is 40.0 Å². The van der Waals surface area contributed by atoms with Gasteiger partial charge in [0.2, 0.25) is 0 Å². The molecule has 4 N–H and O–H groups in total. The van der Waals surface area contributed by atoms with Gasteiger partial charge in [0.25, 0.3) is 5.56 Å². The molecule has 1 saturated heterocycles. The Kier molecular flexibility index (Phi) is 8.09. The molecule has 8 nitrogen and oxygen atoms in total.